The predicted octanol–water partition coefficient (Wildman–Crippen LogP) is 7.02. The number of hydrogen-bond donors (Lipinski definition) is 0. The zero-order valence-electron chi connectivity index (χ0n) is 10.3. The van der Waals surface area contributed by atoms with Crippen LogP contribution < -0.4 is 0 Å². The Kier molecular flexibility index (Phi) is 5.17. The molecule has 21 heavy (non-hydrogen) atoms. The van der Waals surface area contributed by atoms with Crippen molar-refractivity contribution < 1.29 is 0 Å². The molecule has 0 unspecified atom stereocenters. The van der Waals surface area contributed by atoms with E-state index in [4.69, 9.17) is 0 Å². The Morgan fingerprint density at radius 1 is 0.714 bits per heavy atom. The van der Waals surface area contributed by atoms with Gasteiger partial charge in [-0.2, -0.15) is 0 Å². The number of aromatic nitrogens is 2. The van der Waals surface area contributed by atoms with E-state index in [0.29, 0.717) is 0 Å². The molecule has 1 saturated heterocycles. The van der Waals surface area contributed by atoms with E-state index in [0.717, 1.165) is 16.5 Å². The molecule has 0 spiro atoms. The molecule has 0 radical (unpaired) electrons. The van der Waals surface area contributed by atoms with Crippen molar-refractivity contribution in [2.75, 3.05) is 0 Å². The lowest BCUT2D eigenvalue weighted by Gasteiger charge is -2.01. The average Bonchev–Trinajstić information content (AvgIpc) is 3.17. The first-order valence-electron chi connectivity index (χ1n) is 5.92. The lowest BCUT2D eigenvalue weighted by atomic mass is 10.3. The number of thioether (sulfide) groups is 5. The fraction of sp³-hybridized carbons (Fsp3) is 0.167. The Labute approximate surface area is 171 Å². The van der Waals surface area contributed by atoms with Crippen LogP contribution in [0.15, 0.2) is 46.6 Å². The highest BCUT2D eigenvalue weighted by Crippen LogP contribution is 2.62. The van der Waals surface area contributed by atoms with Crippen LogP contribution in [0, 0.1) is 0 Å². The van der Waals surface area contributed by atoms with E-state index in [1.807, 2.05) is 35.3 Å². The van der Waals surface area contributed by atoms with Crippen LogP contribution in [0.1, 0.15) is 12.8 Å². The van der Waals surface area contributed by atoms with Crippen LogP contribution in [-0.2, 0) is 0 Å². The minimum absolute atomic E-state index is 1.06. The van der Waals surface area contributed by atoms with Gasteiger partial charge in [0.15, 0.2) is 0 Å². The van der Waals surface area contributed by atoms with Crippen LogP contribution in [-0.4, -0.2) is 9.97 Å². The number of rotatable bonds is 0. The van der Waals surface area contributed by atoms with Gasteiger partial charge in [-0.15, -0.1) is 0 Å². The Bertz CT molecular complexity index is 685. The second-order valence-corrected chi connectivity index (χ2v) is 13.5. The zero-order valence-corrected chi connectivity index (χ0v) is 18.7. The lowest BCUT2D eigenvalue weighted by molar-refractivity contribution is 0.930. The lowest BCUT2D eigenvalue weighted by Crippen LogP contribution is -1.79. The van der Waals surface area contributed by atoms with E-state index >= 15 is 0 Å². The Balaban J connectivity index is 1.56. The molecule has 1 aromatic rings. The molecular weight excluding hydrogens is 586 g/mol. The number of hydrogen-bond acceptors (Lipinski definition) is 7. The van der Waals surface area contributed by atoms with Crippen molar-refractivity contribution in [3.8, 4) is 0 Å². The number of allylic oxidation sites excluding steroid dienone is 2. The minimum Gasteiger partial charge on any atom is -0.245 e. The van der Waals surface area contributed by atoms with E-state index in [9.17, 15) is 0 Å². The molecule has 0 atom stereocenters. The average molecular weight is 592 g/mol. The molecule has 0 amide bonds. The van der Waals surface area contributed by atoms with Crippen LogP contribution in [0.5, 0.6) is 0 Å². The van der Waals surface area contributed by atoms with Crippen molar-refractivity contribution in [1.82, 2.24) is 9.97 Å². The molecule has 0 bridgehead atoms. The molecular formula is C12H6I2N2S5. The summed E-state index contributed by atoms with van der Waals surface area (Å²) in [7, 11) is 0. The van der Waals surface area contributed by atoms with Gasteiger partial charge in [0.2, 0.25) is 0 Å². The molecule has 0 aliphatic carbocycles. The van der Waals surface area contributed by atoms with Gasteiger partial charge in [-0.3, -0.25) is 0 Å². The molecule has 4 heterocycles. The third-order valence-electron chi connectivity index (χ3n) is 2.81. The van der Waals surface area contributed by atoms with E-state index in [2.05, 4.69) is 55.1 Å². The van der Waals surface area contributed by atoms with Gasteiger partial charge >= 0.3 is 0 Å². The number of fused-ring (bicyclic) bond motifs is 1. The molecule has 3 aliphatic rings. The minimum atomic E-state index is 1.06. The molecule has 3 aliphatic heterocycles. The van der Waals surface area contributed by atoms with E-state index in [1.165, 1.54) is 30.5 Å². The summed E-state index contributed by atoms with van der Waals surface area (Å²) in [5.41, 5.74) is 0. The first kappa shape index (κ1) is 16.0. The number of halogens is 2. The summed E-state index contributed by atoms with van der Waals surface area (Å²) in [6, 6.07) is 0. The van der Waals surface area contributed by atoms with Gasteiger partial charge < -0.3 is 0 Å². The smallest absolute Gasteiger partial charge is 0.134 e. The molecule has 0 saturated carbocycles. The van der Waals surface area contributed by atoms with Crippen molar-refractivity contribution in [2.45, 2.75) is 22.9 Å². The van der Waals surface area contributed by atoms with Crippen molar-refractivity contribution in [2.24, 2.45) is 0 Å². The van der Waals surface area contributed by atoms with Crippen LogP contribution in [0.4, 0.5) is 0 Å². The standard InChI is InChI=1S/C12H6I2N2S5/c13-7-8(14)19-11(18-7)5-1-2-6(17-5)12-20-9-10(21-12)16-4-3-15-9/h3-4H,1-2H2. The molecule has 4 rings (SSSR count). The maximum atomic E-state index is 4.40. The van der Waals surface area contributed by atoms with Crippen LogP contribution in [0.25, 0.3) is 0 Å². The topological polar surface area (TPSA) is 25.8 Å². The van der Waals surface area contributed by atoms with Gasteiger partial charge in [-0.25, -0.2) is 9.97 Å². The molecule has 2 nitrogen and oxygen atoms in total. The monoisotopic (exact) mass is 592 g/mol. The second kappa shape index (κ2) is 6.79. The summed E-state index contributed by atoms with van der Waals surface area (Å²) in [6.07, 6.45) is 5.87. The predicted molar refractivity (Wildman–Crippen MR) is 115 cm³/mol. The maximum absolute atomic E-state index is 4.40. The van der Waals surface area contributed by atoms with Gasteiger partial charge in [0.1, 0.15) is 10.1 Å². The van der Waals surface area contributed by atoms with Crippen molar-refractivity contribution in [3.05, 3.63) is 36.5 Å². The van der Waals surface area contributed by atoms with Gasteiger partial charge in [0.05, 0.1) is 14.3 Å². The summed E-state index contributed by atoms with van der Waals surface area (Å²) >= 11 is 14.2. The van der Waals surface area contributed by atoms with Crippen molar-refractivity contribution in [1.29, 1.82) is 0 Å². The first-order valence-corrected chi connectivity index (χ1v) is 12.2. The van der Waals surface area contributed by atoms with Crippen LogP contribution >= 0.6 is 104 Å². The summed E-state index contributed by atoms with van der Waals surface area (Å²) in [4.78, 5) is 11.8. The zero-order chi connectivity index (χ0) is 14.4. The fourth-order valence-electron chi connectivity index (χ4n) is 1.91. The van der Waals surface area contributed by atoms with Crippen LogP contribution in [0.3, 0.4) is 0 Å². The second-order valence-electron chi connectivity index (χ2n) is 4.15. The summed E-state index contributed by atoms with van der Waals surface area (Å²) < 4.78 is 5.67. The van der Waals surface area contributed by atoms with Gasteiger partial charge in [0.25, 0.3) is 0 Å². The molecule has 0 N–H and O–H groups in total. The third-order valence-corrected chi connectivity index (χ3v) is 13.5. The van der Waals surface area contributed by atoms with Gasteiger partial charge in [-0.1, -0.05) is 58.8 Å². The largest absolute Gasteiger partial charge is 0.245 e. The first-order chi connectivity index (χ1) is 10.2. The highest BCUT2D eigenvalue weighted by atomic mass is 127. The molecule has 108 valence electrons. The molecule has 0 aromatic carbocycles. The Morgan fingerprint density at radius 3 is 1.71 bits per heavy atom. The van der Waals surface area contributed by atoms with E-state index in [1.54, 1.807) is 35.9 Å². The maximum Gasteiger partial charge on any atom is 0.134 e. The van der Waals surface area contributed by atoms with Crippen LogP contribution in [0.2, 0.25) is 0 Å². The highest BCUT2D eigenvalue weighted by Gasteiger charge is 2.29. The van der Waals surface area contributed by atoms with Gasteiger partial charge in [-0.05, 0) is 58.0 Å². The molecule has 9 heteroatoms. The number of nitrogens with zero attached hydrogens (tertiary/aromatic N) is 2. The third kappa shape index (κ3) is 3.34. The normalized spacial score (nSPS) is 21.8. The quantitative estimate of drug-likeness (QED) is 0.299. The highest BCUT2D eigenvalue weighted by molar-refractivity contribution is 14.1. The molecule has 1 fully saturated rings. The van der Waals surface area contributed by atoms with Crippen molar-refractivity contribution >= 4 is 104 Å². The van der Waals surface area contributed by atoms with Gasteiger partial charge in [0, 0.05) is 22.2 Å². The summed E-state index contributed by atoms with van der Waals surface area (Å²) in [6.45, 7) is 0. The summed E-state index contributed by atoms with van der Waals surface area (Å²) in [5, 5.41) is 2.11. The van der Waals surface area contributed by atoms with E-state index < -0.39 is 0 Å². The van der Waals surface area contributed by atoms with Crippen molar-refractivity contribution in [3.63, 3.8) is 0 Å². The van der Waals surface area contributed by atoms with E-state index in [-0.39, 0.29) is 0 Å². The Morgan fingerprint density at radius 2 is 1.19 bits per heavy atom. The SMILES string of the molecule is IC1=C(I)SC(=C2CCC(=C3Sc4nccnc4S3)S2)S1. The summed E-state index contributed by atoms with van der Waals surface area (Å²) in [5.74, 6) is 0. The Hall–Kier alpha value is 1.51. The molecule has 1 aromatic heterocycles. The fourth-order valence-corrected chi connectivity index (χ4v) is 10.7.